The second-order valence-corrected chi connectivity index (χ2v) is 6.93. The van der Waals surface area contributed by atoms with E-state index >= 15 is 0 Å². The highest BCUT2D eigenvalue weighted by molar-refractivity contribution is 7.89. The summed E-state index contributed by atoms with van der Waals surface area (Å²) in [5, 5.41) is 10.6. The van der Waals surface area contributed by atoms with Gasteiger partial charge in [-0.25, -0.2) is 8.42 Å². The van der Waals surface area contributed by atoms with Crippen molar-refractivity contribution in [2.75, 3.05) is 0 Å². The molecule has 11 heteroatoms. The fraction of sp³-hybridized carbons (Fsp3) is 0. The van der Waals surface area contributed by atoms with Crippen molar-refractivity contribution in [2.45, 2.75) is 4.90 Å². The van der Waals surface area contributed by atoms with Crippen LogP contribution in [0.4, 0.5) is 5.69 Å². The number of nitro groups is 1. The van der Waals surface area contributed by atoms with Gasteiger partial charge in [0.1, 0.15) is 4.90 Å². The van der Waals surface area contributed by atoms with E-state index in [4.69, 9.17) is 23.2 Å². The lowest BCUT2D eigenvalue weighted by atomic mass is 10.2. The second kappa shape index (κ2) is 7.14. The first-order valence-corrected chi connectivity index (χ1v) is 8.46. The molecule has 2 aromatic rings. The first-order valence-electron chi connectivity index (χ1n) is 6.22. The quantitative estimate of drug-likeness (QED) is 0.601. The van der Waals surface area contributed by atoms with E-state index in [1.54, 1.807) is 0 Å². The van der Waals surface area contributed by atoms with Gasteiger partial charge in [0.05, 0.1) is 9.95 Å². The third-order valence-electron chi connectivity index (χ3n) is 2.82. The van der Waals surface area contributed by atoms with E-state index in [0.717, 1.165) is 18.2 Å². The Kier molecular flexibility index (Phi) is 5.40. The maximum Gasteiger partial charge on any atom is 0.269 e. The number of non-ortho nitro benzene ring substituents is 1. The van der Waals surface area contributed by atoms with E-state index in [1.807, 2.05) is 10.3 Å². The summed E-state index contributed by atoms with van der Waals surface area (Å²) in [6.45, 7) is 0. The molecule has 2 N–H and O–H groups in total. The Balaban J connectivity index is 2.12. The van der Waals surface area contributed by atoms with Crippen molar-refractivity contribution < 1.29 is 18.1 Å². The van der Waals surface area contributed by atoms with Crippen LogP contribution in [0.1, 0.15) is 10.4 Å². The number of nitro benzene ring substituents is 1. The van der Waals surface area contributed by atoms with Crippen LogP contribution in [0, 0.1) is 10.1 Å². The molecule has 0 radical (unpaired) electrons. The number of carbonyl (C=O) groups excluding carboxylic acids is 1. The highest BCUT2D eigenvalue weighted by Gasteiger charge is 2.20. The molecule has 0 spiro atoms. The summed E-state index contributed by atoms with van der Waals surface area (Å²) < 4.78 is 24.3. The summed E-state index contributed by atoms with van der Waals surface area (Å²) in [7, 11) is -4.14. The van der Waals surface area contributed by atoms with Crippen molar-refractivity contribution >= 4 is 44.8 Å². The maximum atomic E-state index is 12.1. The number of hydrogen-bond acceptors (Lipinski definition) is 5. The van der Waals surface area contributed by atoms with E-state index in [9.17, 15) is 23.3 Å². The number of nitrogens with one attached hydrogen (secondary N) is 2. The molecule has 126 valence electrons. The lowest BCUT2D eigenvalue weighted by Gasteiger charge is -2.10. The van der Waals surface area contributed by atoms with Crippen LogP contribution in [0.5, 0.6) is 0 Å². The van der Waals surface area contributed by atoms with Gasteiger partial charge in [0.15, 0.2) is 0 Å². The van der Waals surface area contributed by atoms with Gasteiger partial charge < -0.3 is 0 Å². The van der Waals surface area contributed by atoms with Crippen LogP contribution in [-0.2, 0) is 10.0 Å². The zero-order chi connectivity index (χ0) is 17.9. The maximum absolute atomic E-state index is 12.1. The average Bonchev–Trinajstić information content (AvgIpc) is 2.55. The molecule has 2 aromatic carbocycles. The third kappa shape index (κ3) is 4.20. The van der Waals surface area contributed by atoms with Gasteiger partial charge in [-0.05, 0) is 30.3 Å². The van der Waals surface area contributed by atoms with Crippen molar-refractivity contribution in [1.82, 2.24) is 10.3 Å². The summed E-state index contributed by atoms with van der Waals surface area (Å²) >= 11 is 11.5. The van der Waals surface area contributed by atoms with Gasteiger partial charge in [-0.15, -0.1) is 4.83 Å². The summed E-state index contributed by atoms with van der Waals surface area (Å²) in [5.41, 5.74) is 1.82. The molecule has 0 saturated carbocycles. The number of halogens is 2. The molecule has 0 aliphatic heterocycles. The number of rotatable bonds is 5. The standard InChI is InChI=1S/C13H9Cl2N3O5S/c14-9-3-6-11(15)12(7-9)24(22,23)17-16-13(19)8-1-4-10(5-2-8)18(20)21/h1-7,17H,(H,16,19). The molecule has 0 saturated heterocycles. The van der Waals surface area contributed by atoms with E-state index < -0.39 is 20.9 Å². The number of sulfonamides is 1. The monoisotopic (exact) mass is 389 g/mol. The van der Waals surface area contributed by atoms with Crippen LogP contribution in [0.25, 0.3) is 0 Å². The summed E-state index contributed by atoms with van der Waals surface area (Å²) in [6, 6.07) is 8.47. The fourth-order valence-corrected chi connectivity index (χ4v) is 3.26. The van der Waals surface area contributed by atoms with E-state index in [0.29, 0.717) is 0 Å². The third-order valence-corrected chi connectivity index (χ3v) is 4.79. The van der Waals surface area contributed by atoms with Crippen molar-refractivity contribution in [3.05, 3.63) is 68.2 Å². The normalized spacial score (nSPS) is 11.1. The Morgan fingerprint density at radius 3 is 2.29 bits per heavy atom. The molecule has 2 rings (SSSR count). The predicted molar refractivity (Wildman–Crippen MR) is 87.3 cm³/mol. The van der Waals surface area contributed by atoms with Crippen LogP contribution in [-0.4, -0.2) is 19.2 Å². The number of hydrogen-bond donors (Lipinski definition) is 2. The zero-order valence-electron chi connectivity index (χ0n) is 11.7. The second-order valence-electron chi connectivity index (χ2n) is 4.44. The molecule has 0 aromatic heterocycles. The molecule has 1 amide bonds. The summed E-state index contributed by atoms with van der Waals surface area (Å²) in [5.74, 6) is -0.799. The lowest BCUT2D eigenvalue weighted by molar-refractivity contribution is -0.384. The average molecular weight is 390 g/mol. The SMILES string of the molecule is O=C(NNS(=O)(=O)c1cc(Cl)ccc1Cl)c1ccc([N+](=O)[O-])cc1. The number of hydrazine groups is 1. The minimum Gasteiger partial charge on any atom is -0.273 e. The van der Waals surface area contributed by atoms with Crippen molar-refractivity contribution in [1.29, 1.82) is 0 Å². The highest BCUT2D eigenvalue weighted by atomic mass is 35.5. The molecule has 0 atom stereocenters. The summed E-state index contributed by atoms with van der Waals surface area (Å²) in [6.07, 6.45) is 0. The van der Waals surface area contributed by atoms with E-state index in [1.165, 1.54) is 24.3 Å². The van der Waals surface area contributed by atoms with Gasteiger partial charge in [0.25, 0.3) is 21.6 Å². The molecule has 0 fully saturated rings. The Bertz CT molecular complexity index is 900. The lowest BCUT2D eigenvalue weighted by Crippen LogP contribution is -2.41. The molecule has 0 heterocycles. The van der Waals surface area contributed by atoms with Crippen molar-refractivity contribution in [2.24, 2.45) is 0 Å². The van der Waals surface area contributed by atoms with E-state index in [-0.39, 0.29) is 26.2 Å². The predicted octanol–water partition coefficient (Wildman–Crippen LogP) is 2.52. The topological polar surface area (TPSA) is 118 Å². The van der Waals surface area contributed by atoms with Gasteiger partial charge in [0.2, 0.25) is 0 Å². The molecular formula is C13H9Cl2N3O5S. The summed E-state index contributed by atoms with van der Waals surface area (Å²) in [4.78, 5) is 23.4. The highest BCUT2D eigenvalue weighted by Crippen LogP contribution is 2.24. The Morgan fingerprint density at radius 2 is 1.71 bits per heavy atom. The molecule has 24 heavy (non-hydrogen) atoms. The smallest absolute Gasteiger partial charge is 0.269 e. The molecular weight excluding hydrogens is 381 g/mol. The van der Waals surface area contributed by atoms with Crippen LogP contribution in [0.3, 0.4) is 0 Å². The Labute approximate surface area is 146 Å². The Hall–Kier alpha value is -2.20. The minimum atomic E-state index is -4.14. The number of benzene rings is 2. The van der Waals surface area contributed by atoms with Crippen LogP contribution in [0.15, 0.2) is 47.4 Å². The molecule has 8 nitrogen and oxygen atoms in total. The number of amides is 1. The minimum absolute atomic E-state index is 0.0282. The van der Waals surface area contributed by atoms with Gasteiger partial charge in [-0.3, -0.25) is 20.3 Å². The van der Waals surface area contributed by atoms with Gasteiger partial charge in [0, 0.05) is 22.7 Å². The Morgan fingerprint density at radius 1 is 1.08 bits per heavy atom. The fourth-order valence-electron chi connectivity index (χ4n) is 1.66. The molecule has 0 unspecified atom stereocenters. The van der Waals surface area contributed by atoms with E-state index in [2.05, 4.69) is 0 Å². The van der Waals surface area contributed by atoms with Gasteiger partial charge in [-0.2, -0.15) is 0 Å². The van der Waals surface area contributed by atoms with Gasteiger partial charge >= 0.3 is 0 Å². The first-order chi connectivity index (χ1) is 11.2. The molecule has 0 bridgehead atoms. The van der Waals surface area contributed by atoms with Gasteiger partial charge in [-0.1, -0.05) is 23.2 Å². The first kappa shape index (κ1) is 18.1. The van der Waals surface area contributed by atoms with Crippen LogP contribution in [0.2, 0.25) is 10.0 Å². The van der Waals surface area contributed by atoms with Crippen LogP contribution < -0.4 is 10.3 Å². The van der Waals surface area contributed by atoms with Crippen LogP contribution >= 0.6 is 23.2 Å². The van der Waals surface area contributed by atoms with Crippen molar-refractivity contribution in [3.63, 3.8) is 0 Å². The van der Waals surface area contributed by atoms with Crippen molar-refractivity contribution in [3.8, 4) is 0 Å². The zero-order valence-corrected chi connectivity index (χ0v) is 14.0. The largest absolute Gasteiger partial charge is 0.273 e. The molecule has 0 aliphatic rings. The number of nitrogens with zero attached hydrogens (tertiary/aromatic N) is 1. The number of carbonyl (C=O) groups is 1. The molecule has 0 aliphatic carbocycles.